The van der Waals surface area contributed by atoms with Crippen molar-refractivity contribution in [3.63, 3.8) is 0 Å². The van der Waals surface area contributed by atoms with Crippen LogP contribution in [-0.4, -0.2) is 10.9 Å². The molecule has 1 amide bonds. The van der Waals surface area contributed by atoms with Crippen LogP contribution in [0.25, 0.3) is 11.1 Å². The van der Waals surface area contributed by atoms with Crippen LogP contribution < -0.4 is 17.0 Å². The average molecular weight is 404 g/mol. The van der Waals surface area contributed by atoms with Crippen LogP contribution in [0, 0.1) is 5.82 Å². The summed E-state index contributed by atoms with van der Waals surface area (Å²) >= 11 is 0. The van der Waals surface area contributed by atoms with Gasteiger partial charge in [0.15, 0.2) is 0 Å². The van der Waals surface area contributed by atoms with E-state index in [0.29, 0.717) is 22.9 Å². The molecule has 3 aromatic rings. The molecule has 0 radical (unpaired) electrons. The molecule has 0 aliphatic carbocycles. The zero-order valence-electron chi connectivity index (χ0n) is 14.9. The van der Waals surface area contributed by atoms with Gasteiger partial charge in [-0.25, -0.2) is 10.2 Å². The zero-order valence-corrected chi connectivity index (χ0v) is 14.9. The third-order valence-electron chi connectivity index (χ3n) is 4.28. The van der Waals surface area contributed by atoms with Crippen molar-refractivity contribution in [3.05, 3.63) is 82.9 Å². The van der Waals surface area contributed by atoms with Crippen molar-refractivity contribution in [2.45, 2.75) is 12.6 Å². The third kappa shape index (κ3) is 4.52. The Morgan fingerprint density at radius 3 is 2.55 bits per heavy atom. The second-order valence-corrected chi connectivity index (χ2v) is 6.30. The van der Waals surface area contributed by atoms with Crippen LogP contribution in [0.2, 0.25) is 0 Å². The molecule has 150 valence electrons. The molecule has 0 spiro atoms. The Balaban J connectivity index is 1.96. The number of alkyl halides is 3. The number of nitrogens with zero attached hydrogens (tertiary/aromatic N) is 1. The van der Waals surface area contributed by atoms with Crippen molar-refractivity contribution in [1.29, 1.82) is 0 Å². The maximum atomic E-state index is 13.6. The lowest BCUT2D eigenvalue weighted by molar-refractivity contribution is -0.137. The van der Waals surface area contributed by atoms with Gasteiger partial charge in [-0.05, 0) is 47.5 Å². The molecule has 9 heteroatoms. The molecule has 0 saturated carbocycles. The monoisotopic (exact) mass is 404 g/mol. The summed E-state index contributed by atoms with van der Waals surface area (Å²) < 4.78 is 52.4. The van der Waals surface area contributed by atoms with Gasteiger partial charge in [-0.15, -0.1) is 0 Å². The molecule has 29 heavy (non-hydrogen) atoms. The normalized spacial score (nSPS) is 11.3. The topological polar surface area (TPSA) is 94.0 Å². The number of anilines is 1. The number of nitrogens with one attached hydrogen (secondary N) is 1. The lowest BCUT2D eigenvalue weighted by Gasteiger charge is -2.12. The molecule has 0 aliphatic rings. The Kier molecular flexibility index (Phi) is 5.51. The summed E-state index contributed by atoms with van der Waals surface area (Å²) in [4.78, 5) is 16.0. The van der Waals surface area contributed by atoms with Crippen LogP contribution in [0.5, 0.6) is 0 Å². The van der Waals surface area contributed by atoms with Gasteiger partial charge in [-0.1, -0.05) is 12.1 Å². The highest BCUT2D eigenvalue weighted by Crippen LogP contribution is 2.32. The second kappa shape index (κ2) is 7.88. The number of rotatable bonds is 4. The van der Waals surface area contributed by atoms with Crippen molar-refractivity contribution >= 4 is 11.6 Å². The molecule has 0 bridgehead atoms. The summed E-state index contributed by atoms with van der Waals surface area (Å²) in [5.74, 6) is 3.62. The van der Waals surface area contributed by atoms with Crippen LogP contribution in [0.15, 0.2) is 54.7 Å². The van der Waals surface area contributed by atoms with Crippen LogP contribution >= 0.6 is 0 Å². The summed E-state index contributed by atoms with van der Waals surface area (Å²) in [5, 5.41) is 0. The summed E-state index contributed by atoms with van der Waals surface area (Å²) in [6, 6.07) is 10.4. The molecule has 0 aliphatic heterocycles. The number of nitrogen functional groups attached to an aromatic ring is 2. The fraction of sp³-hybridized carbons (Fsp3) is 0.100. The van der Waals surface area contributed by atoms with Crippen molar-refractivity contribution in [3.8, 4) is 11.1 Å². The largest absolute Gasteiger partial charge is 0.416 e. The van der Waals surface area contributed by atoms with Gasteiger partial charge >= 0.3 is 6.18 Å². The zero-order chi connectivity index (χ0) is 21.2. The number of halogens is 4. The molecule has 5 N–H and O–H groups in total. The van der Waals surface area contributed by atoms with Gasteiger partial charge in [0.1, 0.15) is 5.82 Å². The van der Waals surface area contributed by atoms with Crippen LogP contribution in [0.1, 0.15) is 27.2 Å². The lowest BCUT2D eigenvalue weighted by Crippen LogP contribution is -2.30. The predicted octanol–water partition coefficient (Wildman–Crippen LogP) is 3.68. The van der Waals surface area contributed by atoms with E-state index in [1.54, 1.807) is 24.3 Å². The lowest BCUT2D eigenvalue weighted by atomic mass is 9.98. The highest BCUT2D eigenvalue weighted by Gasteiger charge is 2.31. The predicted molar refractivity (Wildman–Crippen MR) is 99.9 cm³/mol. The van der Waals surface area contributed by atoms with E-state index in [9.17, 15) is 22.4 Å². The molecular formula is C20H16F4N4O. The first kappa shape index (κ1) is 20.3. The number of pyridine rings is 1. The maximum absolute atomic E-state index is 13.6. The molecule has 0 atom stereocenters. The number of para-hydroxylation sites is 1. The highest BCUT2D eigenvalue weighted by atomic mass is 19.4. The average Bonchev–Trinajstić information content (AvgIpc) is 2.66. The molecule has 1 aromatic heterocycles. The van der Waals surface area contributed by atoms with E-state index in [2.05, 4.69) is 4.98 Å². The third-order valence-corrected chi connectivity index (χ3v) is 4.28. The smallest absolute Gasteiger partial charge is 0.398 e. The second-order valence-electron chi connectivity index (χ2n) is 6.30. The number of hydrazine groups is 1. The number of carbonyl (C=O) groups excluding carboxylic acids is 1. The van der Waals surface area contributed by atoms with Crippen molar-refractivity contribution in [1.82, 2.24) is 10.4 Å². The van der Waals surface area contributed by atoms with Gasteiger partial charge in [-0.3, -0.25) is 15.2 Å². The standard InChI is InChI=1S/C20H16F4N4O/c21-14-7-11(6-13(10-14)20(22,23)24)8-15-9-12(4-5-27-15)16-2-1-3-17(18(16)25)19(29)28-26/h1-7,9-10H,8,25-26H2,(H,28,29). The highest BCUT2D eigenvalue weighted by molar-refractivity contribution is 6.02. The van der Waals surface area contributed by atoms with Gasteiger partial charge in [0, 0.05) is 23.9 Å². The minimum Gasteiger partial charge on any atom is -0.398 e. The van der Waals surface area contributed by atoms with Crippen molar-refractivity contribution in [2.75, 3.05) is 5.73 Å². The molecule has 3 rings (SSSR count). The fourth-order valence-electron chi connectivity index (χ4n) is 2.96. The van der Waals surface area contributed by atoms with E-state index in [1.807, 2.05) is 5.43 Å². The number of amides is 1. The first-order valence-electron chi connectivity index (χ1n) is 8.40. The van der Waals surface area contributed by atoms with E-state index in [0.717, 1.165) is 12.1 Å². The van der Waals surface area contributed by atoms with Gasteiger partial charge < -0.3 is 5.73 Å². The van der Waals surface area contributed by atoms with E-state index in [1.165, 1.54) is 12.3 Å². The van der Waals surface area contributed by atoms with Gasteiger partial charge in [-0.2, -0.15) is 13.2 Å². The number of aromatic nitrogens is 1. The minimum absolute atomic E-state index is 0.0163. The van der Waals surface area contributed by atoms with Gasteiger partial charge in [0.05, 0.1) is 16.8 Å². The summed E-state index contributed by atoms with van der Waals surface area (Å²) in [6.45, 7) is 0. The van der Waals surface area contributed by atoms with Gasteiger partial charge in [0.25, 0.3) is 5.91 Å². The number of carbonyl (C=O) groups is 1. The minimum atomic E-state index is -4.65. The number of hydrogen-bond acceptors (Lipinski definition) is 4. The number of nitrogens with two attached hydrogens (primary N) is 2. The van der Waals surface area contributed by atoms with E-state index >= 15 is 0 Å². The Bertz CT molecular complexity index is 1070. The summed E-state index contributed by atoms with van der Waals surface area (Å²) in [5.41, 5.74) is 9.07. The Labute approximate surface area is 163 Å². The Hall–Kier alpha value is -3.46. The molecule has 2 aromatic carbocycles. The van der Waals surface area contributed by atoms with Crippen molar-refractivity contribution in [2.24, 2.45) is 5.84 Å². The van der Waals surface area contributed by atoms with Crippen LogP contribution in [0.4, 0.5) is 23.2 Å². The maximum Gasteiger partial charge on any atom is 0.416 e. The molecule has 0 unspecified atom stereocenters. The van der Waals surface area contributed by atoms with Crippen LogP contribution in [-0.2, 0) is 12.6 Å². The molecule has 1 heterocycles. The summed E-state index contributed by atoms with van der Waals surface area (Å²) in [6.07, 6.45) is -3.20. The fourth-order valence-corrected chi connectivity index (χ4v) is 2.96. The number of benzene rings is 2. The van der Waals surface area contributed by atoms with E-state index < -0.39 is 23.5 Å². The molecule has 0 saturated heterocycles. The molecular weight excluding hydrogens is 388 g/mol. The SMILES string of the molecule is NNC(=O)c1cccc(-c2ccnc(Cc3cc(F)cc(C(F)(F)F)c3)c2)c1N. The number of hydrogen-bond donors (Lipinski definition) is 3. The summed E-state index contributed by atoms with van der Waals surface area (Å²) in [7, 11) is 0. The van der Waals surface area contributed by atoms with Crippen molar-refractivity contribution < 1.29 is 22.4 Å². The quantitative estimate of drug-likeness (QED) is 0.203. The molecule has 0 fully saturated rings. The Morgan fingerprint density at radius 2 is 1.86 bits per heavy atom. The first-order valence-corrected chi connectivity index (χ1v) is 8.40. The van der Waals surface area contributed by atoms with E-state index in [4.69, 9.17) is 11.6 Å². The van der Waals surface area contributed by atoms with E-state index in [-0.39, 0.29) is 23.2 Å². The van der Waals surface area contributed by atoms with Crippen LogP contribution in [0.3, 0.4) is 0 Å². The van der Waals surface area contributed by atoms with Gasteiger partial charge in [0.2, 0.25) is 0 Å². The first-order chi connectivity index (χ1) is 13.7. The Morgan fingerprint density at radius 1 is 1.10 bits per heavy atom. The molecule has 5 nitrogen and oxygen atoms in total.